The third-order valence-electron chi connectivity index (χ3n) is 3.14. The largest absolute Gasteiger partial charge is 0.481 e. The monoisotopic (exact) mass is 201 g/mol. The zero-order chi connectivity index (χ0) is 10.8. The zero-order valence-electron chi connectivity index (χ0n) is 8.82. The van der Waals surface area contributed by atoms with E-state index in [2.05, 4.69) is 0 Å². The molecule has 0 aromatic heterocycles. The van der Waals surface area contributed by atoms with Gasteiger partial charge in [0.25, 0.3) is 0 Å². The summed E-state index contributed by atoms with van der Waals surface area (Å²) in [6.45, 7) is 4.51. The lowest BCUT2D eigenvalue weighted by Gasteiger charge is -2.49. The number of carboxylic acids is 1. The maximum atomic E-state index is 10.7. The van der Waals surface area contributed by atoms with Gasteiger partial charge in [0.2, 0.25) is 0 Å². The van der Waals surface area contributed by atoms with Crippen LogP contribution < -0.4 is 5.73 Å². The van der Waals surface area contributed by atoms with Crippen molar-refractivity contribution in [2.24, 2.45) is 11.1 Å². The summed E-state index contributed by atoms with van der Waals surface area (Å²) in [5, 5.41) is 8.78. The van der Waals surface area contributed by atoms with Crippen molar-refractivity contribution in [2.45, 2.75) is 45.3 Å². The number of rotatable bonds is 5. The molecule has 0 aromatic rings. The lowest BCUT2D eigenvalue weighted by atomic mass is 9.61. The second-order valence-electron chi connectivity index (χ2n) is 4.21. The summed E-state index contributed by atoms with van der Waals surface area (Å²) in [5.74, 6) is -0.766. The Bertz CT molecular complexity index is 209. The van der Waals surface area contributed by atoms with Crippen LogP contribution in [-0.2, 0) is 9.53 Å². The molecule has 14 heavy (non-hydrogen) atoms. The minimum atomic E-state index is -0.766. The van der Waals surface area contributed by atoms with E-state index in [1.54, 1.807) is 0 Å². The molecule has 1 aliphatic carbocycles. The van der Waals surface area contributed by atoms with Crippen molar-refractivity contribution in [2.75, 3.05) is 6.61 Å². The first-order valence-electron chi connectivity index (χ1n) is 5.09. The number of nitrogens with two attached hydrogens (primary N) is 1. The van der Waals surface area contributed by atoms with Crippen LogP contribution in [0.15, 0.2) is 0 Å². The summed E-state index contributed by atoms with van der Waals surface area (Å²) in [4.78, 5) is 10.7. The quantitative estimate of drug-likeness (QED) is 0.695. The number of aliphatic carboxylic acids is 1. The molecule has 82 valence electrons. The minimum Gasteiger partial charge on any atom is -0.481 e. The van der Waals surface area contributed by atoms with Gasteiger partial charge in [0.15, 0.2) is 0 Å². The number of hydrogen-bond acceptors (Lipinski definition) is 3. The Kier molecular flexibility index (Phi) is 3.50. The fourth-order valence-electron chi connectivity index (χ4n) is 2.18. The second kappa shape index (κ2) is 4.28. The molecule has 0 bridgehead atoms. The molecule has 1 fully saturated rings. The molecule has 0 saturated heterocycles. The van der Waals surface area contributed by atoms with Crippen LogP contribution in [0.4, 0.5) is 0 Å². The molecule has 4 heteroatoms. The van der Waals surface area contributed by atoms with Gasteiger partial charge in [-0.2, -0.15) is 0 Å². The summed E-state index contributed by atoms with van der Waals surface area (Å²) in [6, 6.07) is -0.0738. The summed E-state index contributed by atoms with van der Waals surface area (Å²) >= 11 is 0. The van der Waals surface area contributed by atoms with Crippen molar-refractivity contribution in [3.05, 3.63) is 0 Å². The highest BCUT2D eigenvalue weighted by molar-refractivity contribution is 5.68. The lowest BCUT2D eigenvalue weighted by molar-refractivity contribution is -0.148. The van der Waals surface area contributed by atoms with Crippen molar-refractivity contribution >= 4 is 5.97 Å². The Morgan fingerprint density at radius 2 is 2.29 bits per heavy atom. The molecule has 0 aromatic carbocycles. The van der Waals surface area contributed by atoms with Crippen LogP contribution in [-0.4, -0.2) is 29.8 Å². The van der Waals surface area contributed by atoms with Gasteiger partial charge in [0.1, 0.15) is 0 Å². The molecule has 1 rings (SSSR count). The van der Waals surface area contributed by atoms with Crippen molar-refractivity contribution < 1.29 is 14.6 Å². The van der Waals surface area contributed by atoms with E-state index in [0.717, 1.165) is 12.8 Å². The zero-order valence-corrected chi connectivity index (χ0v) is 8.82. The Balaban J connectivity index is 2.49. The van der Waals surface area contributed by atoms with Crippen molar-refractivity contribution in [3.63, 3.8) is 0 Å². The molecule has 3 N–H and O–H groups in total. The van der Waals surface area contributed by atoms with Crippen LogP contribution >= 0.6 is 0 Å². The Labute approximate surface area is 84.4 Å². The van der Waals surface area contributed by atoms with Gasteiger partial charge in [-0.25, -0.2) is 0 Å². The molecular formula is C10H19NO3. The van der Waals surface area contributed by atoms with Crippen LogP contribution in [0.2, 0.25) is 0 Å². The van der Waals surface area contributed by atoms with E-state index in [4.69, 9.17) is 15.6 Å². The van der Waals surface area contributed by atoms with Crippen LogP contribution in [0.1, 0.15) is 33.1 Å². The van der Waals surface area contributed by atoms with Gasteiger partial charge in [0.05, 0.1) is 12.5 Å². The fraction of sp³-hybridized carbons (Fsp3) is 0.900. The Hall–Kier alpha value is -0.610. The molecule has 0 amide bonds. The van der Waals surface area contributed by atoms with Crippen LogP contribution in [0.5, 0.6) is 0 Å². The summed E-state index contributed by atoms with van der Waals surface area (Å²) in [5.41, 5.74) is 5.59. The van der Waals surface area contributed by atoms with E-state index in [1.165, 1.54) is 0 Å². The van der Waals surface area contributed by atoms with Gasteiger partial charge in [-0.05, 0) is 26.7 Å². The van der Waals surface area contributed by atoms with E-state index in [9.17, 15) is 4.79 Å². The average molecular weight is 201 g/mol. The number of carboxylic acid groups (broad SMARTS) is 1. The second-order valence-corrected chi connectivity index (χ2v) is 4.21. The van der Waals surface area contributed by atoms with Gasteiger partial charge >= 0.3 is 5.97 Å². The van der Waals surface area contributed by atoms with E-state index < -0.39 is 5.97 Å². The van der Waals surface area contributed by atoms with Crippen molar-refractivity contribution in [1.29, 1.82) is 0 Å². The first-order chi connectivity index (χ1) is 6.50. The van der Waals surface area contributed by atoms with E-state index in [0.29, 0.717) is 6.61 Å². The van der Waals surface area contributed by atoms with Crippen LogP contribution in [0, 0.1) is 5.41 Å². The van der Waals surface area contributed by atoms with Crippen molar-refractivity contribution in [1.82, 2.24) is 0 Å². The molecule has 4 nitrogen and oxygen atoms in total. The van der Waals surface area contributed by atoms with Gasteiger partial charge in [0, 0.05) is 18.1 Å². The highest BCUT2D eigenvalue weighted by atomic mass is 16.5. The molecule has 0 aliphatic heterocycles. The number of carbonyl (C=O) groups is 1. The average Bonchev–Trinajstić information content (AvgIpc) is 1.98. The standard InChI is InChI=1S/C10H19NO3/c1-3-14-8-4-10(5-8,7(2)11)6-9(12)13/h7-8H,3-6,11H2,1-2H3,(H,12,13). The predicted molar refractivity (Wildman–Crippen MR) is 53.0 cm³/mol. The predicted octanol–water partition coefficient (Wildman–Crippen LogP) is 0.994. The van der Waals surface area contributed by atoms with Gasteiger partial charge in [-0.15, -0.1) is 0 Å². The first kappa shape index (κ1) is 11.5. The molecule has 0 spiro atoms. The molecule has 1 aliphatic rings. The summed E-state index contributed by atoms with van der Waals surface area (Å²) in [7, 11) is 0. The molecular weight excluding hydrogens is 182 g/mol. The van der Waals surface area contributed by atoms with Gasteiger partial charge in [-0.1, -0.05) is 0 Å². The van der Waals surface area contributed by atoms with Crippen LogP contribution in [0.3, 0.4) is 0 Å². The lowest BCUT2D eigenvalue weighted by Crippen LogP contribution is -2.53. The molecule has 0 radical (unpaired) electrons. The smallest absolute Gasteiger partial charge is 0.303 e. The summed E-state index contributed by atoms with van der Waals surface area (Å²) in [6.07, 6.45) is 1.94. The first-order valence-corrected chi connectivity index (χ1v) is 5.09. The maximum absolute atomic E-state index is 10.7. The van der Waals surface area contributed by atoms with Gasteiger partial charge < -0.3 is 15.6 Å². The SMILES string of the molecule is CCOC1CC(CC(=O)O)(C(C)N)C1. The van der Waals surface area contributed by atoms with E-state index >= 15 is 0 Å². The fourth-order valence-corrected chi connectivity index (χ4v) is 2.18. The third kappa shape index (κ3) is 2.25. The molecule has 1 atom stereocenters. The number of hydrogen-bond donors (Lipinski definition) is 2. The Morgan fingerprint density at radius 1 is 1.71 bits per heavy atom. The molecule has 0 heterocycles. The highest BCUT2D eigenvalue weighted by Crippen LogP contribution is 2.47. The van der Waals surface area contributed by atoms with Gasteiger partial charge in [-0.3, -0.25) is 4.79 Å². The topological polar surface area (TPSA) is 72.5 Å². The summed E-state index contributed by atoms with van der Waals surface area (Å²) < 4.78 is 5.42. The Morgan fingerprint density at radius 3 is 2.64 bits per heavy atom. The van der Waals surface area contributed by atoms with E-state index in [1.807, 2.05) is 13.8 Å². The number of ether oxygens (including phenoxy) is 1. The van der Waals surface area contributed by atoms with Crippen LogP contribution in [0.25, 0.3) is 0 Å². The third-order valence-corrected chi connectivity index (χ3v) is 3.14. The van der Waals surface area contributed by atoms with E-state index in [-0.39, 0.29) is 24.0 Å². The normalized spacial score (nSPS) is 33.5. The highest BCUT2D eigenvalue weighted by Gasteiger charge is 2.48. The van der Waals surface area contributed by atoms with Crippen molar-refractivity contribution in [3.8, 4) is 0 Å². The maximum Gasteiger partial charge on any atom is 0.303 e. The molecule has 1 unspecified atom stereocenters. The molecule has 1 saturated carbocycles. The minimum absolute atomic E-state index is 0.0738.